The van der Waals surface area contributed by atoms with Crippen molar-refractivity contribution in [1.29, 1.82) is 0 Å². The molecule has 0 bridgehead atoms. The molecule has 1 aromatic carbocycles. The number of carbonyl (C=O) groups is 1. The predicted octanol–water partition coefficient (Wildman–Crippen LogP) is 6.72. The molecule has 2 heterocycles. The van der Waals surface area contributed by atoms with Crippen molar-refractivity contribution in [3.05, 3.63) is 71.3 Å². The second kappa shape index (κ2) is 9.17. The van der Waals surface area contributed by atoms with Gasteiger partial charge in [0.25, 0.3) is 0 Å². The van der Waals surface area contributed by atoms with Gasteiger partial charge in [-0.1, -0.05) is 74.9 Å². The van der Waals surface area contributed by atoms with Gasteiger partial charge in [0, 0.05) is 17.3 Å². The summed E-state index contributed by atoms with van der Waals surface area (Å²) in [6, 6.07) is 10.6. The van der Waals surface area contributed by atoms with E-state index in [2.05, 4.69) is 69.3 Å². The smallest absolute Gasteiger partial charge is 0.309 e. The molecular weight excluding hydrogens is 536 g/mol. The zero-order chi connectivity index (χ0) is 30.0. The van der Waals surface area contributed by atoms with E-state index in [-0.39, 0.29) is 75.7 Å². The molecule has 43 heavy (non-hydrogen) atoms. The van der Waals surface area contributed by atoms with Gasteiger partial charge >= 0.3 is 5.97 Å². The average molecular weight is 585 g/mol. The van der Waals surface area contributed by atoms with Crippen molar-refractivity contribution in [1.82, 2.24) is 0 Å². The molecule has 5 heteroatoms. The number of hydrogen-bond donors (Lipinski definition) is 2. The molecule has 3 saturated carbocycles. The van der Waals surface area contributed by atoms with Crippen LogP contribution < -0.4 is 0 Å². The van der Waals surface area contributed by atoms with Crippen LogP contribution in [-0.4, -0.2) is 41.6 Å². The summed E-state index contributed by atoms with van der Waals surface area (Å²) >= 11 is 0. The Balaban J connectivity index is 1.11. The fourth-order valence-corrected chi connectivity index (χ4v) is 12.3. The molecule has 0 aromatic heterocycles. The molecule has 5 aliphatic carbocycles. The summed E-state index contributed by atoms with van der Waals surface area (Å²) in [7, 11) is 0. The van der Waals surface area contributed by atoms with Crippen LogP contribution >= 0.6 is 0 Å². The van der Waals surface area contributed by atoms with E-state index in [1.54, 1.807) is 0 Å². The topological polar surface area (TPSA) is 76.0 Å². The van der Waals surface area contributed by atoms with Gasteiger partial charge in [-0.25, -0.2) is 0 Å². The first-order valence-electron chi connectivity index (χ1n) is 16.7. The minimum absolute atomic E-state index is 0.00914. The molecule has 5 fully saturated rings. The Hall–Kier alpha value is -2.21. The number of carbonyl (C=O) groups excluding carboxylic acids is 1. The number of esters is 1. The molecule has 230 valence electrons. The summed E-state index contributed by atoms with van der Waals surface area (Å²) in [4.78, 5) is 13.2. The highest BCUT2D eigenvalue weighted by atomic mass is 16.5. The Labute approximate surface area is 256 Å². The number of allylic oxidation sites excluding steroid dienone is 3. The summed E-state index contributed by atoms with van der Waals surface area (Å²) in [5.41, 5.74) is 3.38. The van der Waals surface area contributed by atoms with Crippen LogP contribution in [0.4, 0.5) is 0 Å². The van der Waals surface area contributed by atoms with E-state index in [1.807, 2.05) is 13.0 Å². The van der Waals surface area contributed by atoms with Crippen molar-refractivity contribution in [2.75, 3.05) is 13.2 Å². The molecule has 0 unspecified atom stereocenters. The number of cyclic esters (lactones) is 1. The number of aliphatic hydroxyl groups excluding tert-OH is 2. The molecule has 5 nitrogen and oxygen atoms in total. The highest BCUT2D eigenvalue weighted by Gasteiger charge is 2.84. The first-order chi connectivity index (χ1) is 20.5. The summed E-state index contributed by atoms with van der Waals surface area (Å²) in [6.07, 6.45) is 15.6. The minimum Gasteiger partial charge on any atom is -0.458 e. The Kier molecular flexibility index (Phi) is 6.03. The third kappa shape index (κ3) is 3.48. The second-order valence-electron chi connectivity index (χ2n) is 16.1. The summed E-state index contributed by atoms with van der Waals surface area (Å²) in [5, 5.41) is 21.8. The van der Waals surface area contributed by atoms with Crippen molar-refractivity contribution in [3.8, 4) is 0 Å². The SMILES string of the molecule is CC(=C[C@H]1C[C@@H]([C@@H]2CC[C@]34C[C@]23C=C[C@@H]2[C@@]3(C)CC=C5C[C@@H](c6ccccc6)OC[C@]5(C)[C@@H]3C[C@@H](O)[C@]24C)C(=O)O1)CO. The van der Waals surface area contributed by atoms with Gasteiger partial charge in [0.15, 0.2) is 0 Å². The number of fused-ring (bicyclic) bond motifs is 5. The molecule has 2 saturated heterocycles. The number of ether oxygens (including phenoxy) is 2. The van der Waals surface area contributed by atoms with Crippen LogP contribution in [0.15, 0.2) is 65.8 Å². The molecule has 0 spiro atoms. The molecule has 12 atom stereocenters. The fraction of sp³-hybridized carbons (Fsp3) is 0.658. The van der Waals surface area contributed by atoms with E-state index >= 15 is 0 Å². The molecule has 0 amide bonds. The standard InChI is InChI=1S/C38H48O5/c1-23(20-39)16-26-18-27(33(41)43-26)28-11-15-38-21-37(28,38)14-12-30-34(2)13-10-25-17-29(24-8-6-5-7-9-24)42-22-35(25,3)31(34)19-32(40)36(30,38)4/h5-10,12,14,16,26-32,39-40H,11,13,15,17-22H2,1-4H3/t26-,27-,28-,29-,30+,31+,32+,34+,35-,36-,37+,38+/m0/s1. The summed E-state index contributed by atoms with van der Waals surface area (Å²) < 4.78 is 12.5. The third-order valence-corrected chi connectivity index (χ3v) is 14.5. The molecule has 8 rings (SSSR count). The number of aliphatic hydroxyl groups is 2. The fourth-order valence-electron chi connectivity index (χ4n) is 12.3. The highest BCUT2D eigenvalue weighted by molar-refractivity contribution is 5.76. The molecule has 2 aliphatic heterocycles. The van der Waals surface area contributed by atoms with Crippen LogP contribution in [0.1, 0.15) is 84.3 Å². The molecule has 7 aliphatic rings. The first-order valence-corrected chi connectivity index (χ1v) is 16.7. The lowest BCUT2D eigenvalue weighted by Gasteiger charge is -2.67. The van der Waals surface area contributed by atoms with Gasteiger partial charge in [-0.05, 0) is 96.7 Å². The molecular formula is C38H48O5. The van der Waals surface area contributed by atoms with Gasteiger partial charge in [0.1, 0.15) is 6.10 Å². The van der Waals surface area contributed by atoms with Crippen molar-refractivity contribution in [2.24, 2.45) is 50.7 Å². The quantitative estimate of drug-likeness (QED) is 0.304. The lowest BCUT2D eigenvalue weighted by atomic mass is 9.38. The largest absolute Gasteiger partial charge is 0.458 e. The van der Waals surface area contributed by atoms with E-state index in [1.165, 1.54) is 11.1 Å². The minimum atomic E-state index is -0.386. The number of benzene rings is 1. The summed E-state index contributed by atoms with van der Waals surface area (Å²) in [6.45, 7) is 9.90. The monoisotopic (exact) mass is 584 g/mol. The maximum atomic E-state index is 13.2. The predicted molar refractivity (Wildman–Crippen MR) is 165 cm³/mol. The molecule has 0 radical (unpaired) electrons. The van der Waals surface area contributed by atoms with Gasteiger partial charge < -0.3 is 19.7 Å². The van der Waals surface area contributed by atoms with Crippen molar-refractivity contribution in [3.63, 3.8) is 0 Å². The zero-order valence-electron chi connectivity index (χ0n) is 26.2. The van der Waals surface area contributed by atoms with Crippen LogP contribution in [0.25, 0.3) is 0 Å². The normalized spacial score (nSPS) is 51.4. The van der Waals surface area contributed by atoms with Crippen LogP contribution in [0.5, 0.6) is 0 Å². The van der Waals surface area contributed by atoms with E-state index in [0.717, 1.165) is 44.1 Å². The molecule has 1 aromatic rings. The van der Waals surface area contributed by atoms with Gasteiger partial charge in [-0.15, -0.1) is 0 Å². The Morgan fingerprint density at radius 3 is 2.70 bits per heavy atom. The van der Waals surface area contributed by atoms with Crippen LogP contribution in [0.3, 0.4) is 0 Å². The average Bonchev–Trinajstić information content (AvgIpc) is 3.39. The maximum Gasteiger partial charge on any atom is 0.309 e. The van der Waals surface area contributed by atoms with E-state index < -0.39 is 0 Å². The van der Waals surface area contributed by atoms with Crippen molar-refractivity contribution < 1.29 is 24.5 Å². The first kappa shape index (κ1) is 28.3. The summed E-state index contributed by atoms with van der Waals surface area (Å²) in [5.74, 6) is 0.706. The van der Waals surface area contributed by atoms with E-state index in [4.69, 9.17) is 9.47 Å². The third-order valence-electron chi connectivity index (χ3n) is 14.5. The van der Waals surface area contributed by atoms with E-state index in [9.17, 15) is 15.0 Å². The van der Waals surface area contributed by atoms with Crippen LogP contribution in [0, 0.1) is 50.7 Å². The van der Waals surface area contributed by atoms with Crippen LogP contribution in [0.2, 0.25) is 0 Å². The molecule has 2 N–H and O–H groups in total. The highest BCUT2D eigenvalue weighted by Crippen LogP contribution is 2.89. The Bertz CT molecular complexity index is 1430. The van der Waals surface area contributed by atoms with E-state index in [0.29, 0.717) is 18.9 Å². The van der Waals surface area contributed by atoms with Gasteiger partial charge in [0.2, 0.25) is 0 Å². The number of hydrogen-bond acceptors (Lipinski definition) is 5. The van der Waals surface area contributed by atoms with Gasteiger partial charge in [-0.2, -0.15) is 0 Å². The second-order valence-corrected chi connectivity index (χ2v) is 16.1. The van der Waals surface area contributed by atoms with Crippen molar-refractivity contribution in [2.45, 2.75) is 91.0 Å². The Morgan fingerprint density at radius 1 is 1.14 bits per heavy atom. The zero-order valence-corrected chi connectivity index (χ0v) is 26.2. The van der Waals surface area contributed by atoms with Crippen LogP contribution in [-0.2, 0) is 14.3 Å². The lowest BCUT2D eigenvalue weighted by molar-refractivity contribution is -0.199. The number of rotatable bonds is 4. The maximum absolute atomic E-state index is 13.2. The Morgan fingerprint density at radius 2 is 1.93 bits per heavy atom. The van der Waals surface area contributed by atoms with Crippen molar-refractivity contribution >= 4 is 5.97 Å². The van der Waals surface area contributed by atoms with Gasteiger partial charge in [-0.3, -0.25) is 4.79 Å². The lowest BCUT2D eigenvalue weighted by Crippen LogP contribution is -2.64. The van der Waals surface area contributed by atoms with Gasteiger partial charge in [0.05, 0.1) is 31.3 Å².